The van der Waals surface area contributed by atoms with Gasteiger partial charge in [-0.1, -0.05) is 19.8 Å². The number of nitrogens with two attached hydrogens (primary N) is 1. The van der Waals surface area contributed by atoms with Crippen LogP contribution in [0.4, 0.5) is 10.2 Å². The van der Waals surface area contributed by atoms with E-state index in [1.54, 1.807) is 0 Å². The van der Waals surface area contributed by atoms with Gasteiger partial charge in [-0.2, -0.15) is 4.98 Å². The third-order valence-corrected chi connectivity index (χ3v) is 3.53. The molecule has 1 saturated heterocycles. The fourth-order valence-electron chi connectivity index (χ4n) is 2.35. The summed E-state index contributed by atoms with van der Waals surface area (Å²) in [5, 5.41) is 0. The van der Waals surface area contributed by atoms with Crippen LogP contribution in [0.15, 0.2) is 11.0 Å². The summed E-state index contributed by atoms with van der Waals surface area (Å²) in [7, 11) is 0. The molecule has 0 spiro atoms. The summed E-state index contributed by atoms with van der Waals surface area (Å²) >= 11 is 0. The summed E-state index contributed by atoms with van der Waals surface area (Å²) in [4.78, 5) is 15.1. The molecule has 2 heterocycles. The lowest BCUT2D eigenvalue weighted by Gasteiger charge is -2.16. The molecule has 7 heteroatoms. The fourth-order valence-corrected chi connectivity index (χ4v) is 2.35. The lowest BCUT2D eigenvalue weighted by molar-refractivity contribution is -0.0434. The molecule has 0 amide bonds. The van der Waals surface area contributed by atoms with Crippen LogP contribution in [0, 0.1) is 5.82 Å². The van der Waals surface area contributed by atoms with Crippen molar-refractivity contribution in [3.05, 3.63) is 22.5 Å². The van der Waals surface area contributed by atoms with Crippen LogP contribution in [0.2, 0.25) is 0 Å². The van der Waals surface area contributed by atoms with Crippen molar-refractivity contribution in [3.63, 3.8) is 0 Å². The standard InChI is InChI=1S/C14H22FN3O3/c1-2-3-4-7-20-9-10-5-6-12(21-10)18-8-11(15)13(16)17-14(18)19/h8,10,12H,2-7,9H2,1H3,(H2,16,17,19)/t10-,12+/m0/s1. The smallest absolute Gasteiger partial charge is 0.351 e. The van der Waals surface area contributed by atoms with Crippen LogP contribution in [0.5, 0.6) is 0 Å². The molecular formula is C14H22FN3O3. The summed E-state index contributed by atoms with van der Waals surface area (Å²) in [6, 6.07) is 0. The second kappa shape index (κ2) is 7.51. The Morgan fingerprint density at radius 1 is 1.52 bits per heavy atom. The molecule has 0 unspecified atom stereocenters. The minimum Gasteiger partial charge on any atom is -0.381 e. The molecular weight excluding hydrogens is 277 g/mol. The molecule has 2 N–H and O–H groups in total. The monoisotopic (exact) mass is 299 g/mol. The molecule has 1 aliphatic rings. The molecule has 0 bridgehead atoms. The number of nitrogen functional groups attached to an aromatic ring is 1. The van der Waals surface area contributed by atoms with Crippen LogP contribution >= 0.6 is 0 Å². The van der Waals surface area contributed by atoms with E-state index in [-0.39, 0.29) is 11.9 Å². The summed E-state index contributed by atoms with van der Waals surface area (Å²) < 4.78 is 25.8. The molecule has 0 saturated carbocycles. The Kier molecular flexibility index (Phi) is 5.69. The van der Waals surface area contributed by atoms with Crippen LogP contribution in [-0.2, 0) is 9.47 Å². The molecule has 1 aliphatic heterocycles. The second-order valence-electron chi connectivity index (χ2n) is 5.24. The topological polar surface area (TPSA) is 79.4 Å². The quantitative estimate of drug-likeness (QED) is 0.777. The van der Waals surface area contributed by atoms with Crippen molar-refractivity contribution in [3.8, 4) is 0 Å². The van der Waals surface area contributed by atoms with E-state index in [1.807, 2.05) is 0 Å². The van der Waals surface area contributed by atoms with Crippen LogP contribution in [0.25, 0.3) is 0 Å². The van der Waals surface area contributed by atoms with Crippen molar-refractivity contribution in [2.45, 2.75) is 51.4 Å². The van der Waals surface area contributed by atoms with Crippen molar-refractivity contribution in [2.24, 2.45) is 0 Å². The maximum atomic E-state index is 13.4. The molecule has 6 nitrogen and oxygen atoms in total. The number of nitrogens with zero attached hydrogens (tertiary/aromatic N) is 2. The minimum atomic E-state index is -0.711. The van der Waals surface area contributed by atoms with Crippen molar-refractivity contribution in [2.75, 3.05) is 18.9 Å². The Morgan fingerprint density at radius 3 is 3.10 bits per heavy atom. The number of anilines is 1. The van der Waals surface area contributed by atoms with E-state index in [4.69, 9.17) is 15.2 Å². The van der Waals surface area contributed by atoms with Gasteiger partial charge in [-0.3, -0.25) is 4.57 Å². The molecule has 2 atom stereocenters. The van der Waals surface area contributed by atoms with E-state index in [2.05, 4.69) is 11.9 Å². The van der Waals surface area contributed by atoms with Crippen LogP contribution in [0.1, 0.15) is 45.3 Å². The number of aromatic nitrogens is 2. The van der Waals surface area contributed by atoms with Gasteiger partial charge in [0.25, 0.3) is 0 Å². The normalized spacial score (nSPS) is 21.8. The van der Waals surface area contributed by atoms with Gasteiger partial charge in [0.05, 0.1) is 18.9 Å². The van der Waals surface area contributed by atoms with Gasteiger partial charge in [0.2, 0.25) is 0 Å². The van der Waals surface area contributed by atoms with E-state index in [0.717, 1.165) is 43.1 Å². The number of ether oxygens (including phenoxy) is 2. The van der Waals surface area contributed by atoms with Gasteiger partial charge in [-0.25, -0.2) is 9.18 Å². The maximum Gasteiger partial charge on any atom is 0.351 e. The minimum absolute atomic E-state index is 0.0656. The van der Waals surface area contributed by atoms with Gasteiger partial charge in [-0.05, 0) is 19.3 Å². The maximum absolute atomic E-state index is 13.4. The Bertz CT molecular complexity index is 521. The highest BCUT2D eigenvalue weighted by Gasteiger charge is 2.28. The summed E-state index contributed by atoms with van der Waals surface area (Å²) in [6.45, 7) is 3.36. The second-order valence-corrected chi connectivity index (χ2v) is 5.24. The average molecular weight is 299 g/mol. The molecule has 2 rings (SSSR count). The van der Waals surface area contributed by atoms with Crippen LogP contribution < -0.4 is 11.4 Å². The molecule has 1 fully saturated rings. The first kappa shape index (κ1) is 15.9. The first-order valence-corrected chi connectivity index (χ1v) is 7.39. The molecule has 0 aromatic carbocycles. The zero-order valence-corrected chi connectivity index (χ0v) is 12.3. The van der Waals surface area contributed by atoms with E-state index in [0.29, 0.717) is 13.0 Å². The lowest BCUT2D eigenvalue weighted by atomic mass is 10.2. The van der Waals surface area contributed by atoms with E-state index < -0.39 is 17.7 Å². The number of halogens is 1. The summed E-state index contributed by atoms with van der Waals surface area (Å²) in [5.74, 6) is -1.09. The summed E-state index contributed by atoms with van der Waals surface area (Å²) in [5.41, 5.74) is 4.67. The van der Waals surface area contributed by atoms with Crippen molar-refractivity contribution in [1.82, 2.24) is 9.55 Å². The third kappa shape index (κ3) is 4.25. The van der Waals surface area contributed by atoms with Crippen LogP contribution in [-0.4, -0.2) is 28.9 Å². The van der Waals surface area contributed by atoms with Crippen LogP contribution in [0.3, 0.4) is 0 Å². The molecule has 0 aliphatic carbocycles. The lowest BCUT2D eigenvalue weighted by Crippen LogP contribution is -2.29. The number of hydrogen-bond acceptors (Lipinski definition) is 5. The third-order valence-electron chi connectivity index (χ3n) is 3.53. The average Bonchev–Trinajstić information content (AvgIpc) is 2.91. The molecule has 1 aromatic rings. The number of rotatable bonds is 7. The van der Waals surface area contributed by atoms with Gasteiger partial charge in [0.1, 0.15) is 6.23 Å². The van der Waals surface area contributed by atoms with Gasteiger partial charge in [0.15, 0.2) is 11.6 Å². The van der Waals surface area contributed by atoms with Crippen molar-refractivity contribution < 1.29 is 13.9 Å². The first-order chi connectivity index (χ1) is 10.1. The van der Waals surface area contributed by atoms with E-state index in [9.17, 15) is 9.18 Å². The first-order valence-electron chi connectivity index (χ1n) is 7.39. The van der Waals surface area contributed by atoms with Crippen molar-refractivity contribution in [1.29, 1.82) is 0 Å². The predicted octanol–water partition coefficient (Wildman–Crippen LogP) is 1.85. The molecule has 21 heavy (non-hydrogen) atoms. The highest BCUT2D eigenvalue weighted by molar-refractivity contribution is 5.26. The van der Waals surface area contributed by atoms with E-state index >= 15 is 0 Å². The largest absolute Gasteiger partial charge is 0.381 e. The Labute approximate surface area is 123 Å². The van der Waals surface area contributed by atoms with Gasteiger partial charge >= 0.3 is 5.69 Å². The zero-order valence-electron chi connectivity index (χ0n) is 12.3. The molecule has 118 valence electrons. The fraction of sp³-hybridized carbons (Fsp3) is 0.714. The number of unbranched alkanes of at least 4 members (excludes halogenated alkanes) is 2. The van der Waals surface area contributed by atoms with E-state index in [1.165, 1.54) is 0 Å². The Morgan fingerprint density at radius 2 is 2.33 bits per heavy atom. The highest BCUT2D eigenvalue weighted by Crippen LogP contribution is 2.27. The van der Waals surface area contributed by atoms with Gasteiger partial charge < -0.3 is 15.2 Å². The SMILES string of the molecule is CCCCCOC[C@@H]1CC[C@H](n2cc(F)c(N)nc2=O)O1. The predicted molar refractivity (Wildman–Crippen MR) is 76.4 cm³/mol. The zero-order chi connectivity index (χ0) is 15.2. The molecule has 1 aromatic heterocycles. The number of hydrogen-bond donors (Lipinski definition) is 1. The Balaban J connectivity index is 1.85. The highest BCUT2D eigenvalue weighted by atomic mass is 19.1. The van der Waals surface area contributed by atoms with Gasteiger partial charge in [0, 0.05) is 6.61 Å². The molecule has 0 radical (unpaired) electrons. The van der Waals surface area contributed by atoms with Crippen molar-refractivity contribution >= 4 is 5.82 Å². The summed E-state index contributed by atoms with van der Waals surface area (Å²) in [6.07, 6.45) is 5.25. The van der Waals surface area contributed by atoms with Gasteiger partial charge in [-0.15, -0.1) is 0 Å². The Hall–Kier alpha value is -1.47.